The van der Waals surface area contributed by atoms with Crippen molar-refractivity contribution in [3.63, 3.8) is 0 Å². The smallest absolute Gasteiger partial charge is 0.253 e. The highest BCUT2D eigenvalue weighted by atomic mass is 16.1. The monoisotopic (exact) mass is 302 g/mol. The van der Waals surface area contributed by atoms with Crippen LogP contribution in [0.1, 0.15) is 33.1 Å². The second kappa shape index (κ2) is 6.88. The minimum atomic E-state index is -0.190. The number of benzene rings is 2. The van der Waals surface area contributed by atoms with Crippen molar-refractivity contribution in [1.82, 2.24) is 10.3 Å². The molecule has 0 spiro atoms. The first kappa shape index (κ1) is 15.0. The molecule has 3 rings (SSSR count). The number of carbonyl (C=O) groups excluding carboxylic acids is 1. The van der Waals surface area contributed by atoms with E-state index in [4.69, 9.17) is 0 Å². The number of hydrogen-bond donors (Lipinski definition) is 1. The molecule has 0 aliphatic heterocycles. The fourth-order valence-electron chi connectivity index (χ4n) is 2.61. The van der Waals surface area contributed by atoms with Gasteiger partial charge in [-0.2, -0.15) is 0 Å². The number of aryl methyl sites for hydroxylation is 1. The molecule has 0 fully saturated rings. The van der Waals surface area contributed by atoms with Gasteiger partial charge in [-0.05, 0) is 35.7 Å². The normalized spacial score (nSPS) is 11.7. The van der Waals surface area contributed by atoms with Gasteiger partial charge in [0.25, 0.3) is 5.91 Å². The Morgan fingerprint density at radius 1 is 0.957 bits per heavy atom. The van der Waals surface area contributed by atoms with Crippen molar-refractivity contribution in [3.05, 3.63) is 101 Å². The third kappa shape index (κ3) is 3.46. The number of amides is 1. The van der Waals surface area contributed by atoms with E-state index in [0.717, 1.165) is 16.7 Å². The molecular formula is C20H18N2O. The molecule has 3 aromatic rings. The lowest BCUT2D eigenvalue weighted by molar-refractivity contribution is 0.0942. The third-order valence-electron chi connectivity index (χ3n) is 3.83. The molecule has 0 unspecified atom stereocenters. The van der Waals surface area contributed by atoms with E-state index in [2.05, 4.69) is 29.4 Å². The first-order valence-electron chi connectivity index (χ1n) is 7.57. The fourth-order valence-corrected chi connectivity index (χ4v) is 2.61. The van der Waals surface area contributed by atoms with Crippen LogP contribution in [0.15, 0.2) is 79.1 Å². The highest BCUT2D eigenvalue weighted by molar-refractivity contribution is 5.94. The van der Waals surface area contributed by atoms with Gasteiger partial charge in [0.1, 0.15) is 0 Å². The first-order chi connectivity index (χ1) is 11.3. The lowest BCUT2D eigenvalue weighted by Gasteiger charge is -2.21. The summed E-state index contributed by atoms with van der Waals surface area (Å²) in [5.74, 6) is -0.129. The van der Waals surface area contributed by atoms with Crippen molar-refractivity contribution in [2.24, 2.45) is 0 Å². The van der Waals surface area contributed by atoms with Crippen molar-refractivity contribution in [1.29, 1.82) is 0 Å². The summed E-state index contributed by atoms with van der Waals surface area (Å²) in [6.45, 7) is 2.06. The molecule has 0 saturated carbocycles. The molecule has 0 aliphatic carbocycles. The van der Waals surface area contributed by atoms with Gasteiger partial charge in [-0.25, -0.2) is 0 Å². The van der Waals surface area contributed by atoms with Crippen molar-refractivity contribution < 1.29 is 4.79 Å². The Labute approximate surface area is 136 Å². The van der Waals surface area contributed by atoms with Crippen LogP contribution in [0.4, 0.5) is 0 Å². The van der Waals surface area contributed by atoms with E-state index in [0.29, 0.717) is 5.56 Å². The number of hydrogen-bond acceptors (Lipinski definition) is 2. The molecule has 23 heavy (non-hydrogen) atoms. The van der Waals surface area contributed by atoms with E-state index in [1.165, 1.54) is 0 Å². The predicted octanol–water partition coefficient (Wildman–Crippen LogP) is 3.91. The highest BCUT2D eigenvalue weighted by Gasteiger charge is 2.19. The average molecular weight is 302 g/mol. The summed E-state index contributed by atoms with van der Waals surface area (Å²) in [5, 5.41) is 3.13. The van der Waals surface area contributed by atoms with E-state index in [1.807, 2.05) is 42.5 Å². The maximum atomic E-state index is 12.6. The number of nitrogens with zero attached hydrogens (tertiary/aromatic N) is 1. The molecule has 2 aromatic carbocycles. The Bertz CT molecular complexity index is 785. The lowest BCUT2D eigenvalue weighted by atomic mass is 9.95. The quantitative estimate of drug-likeness (QED) is 0.794. The Morgan fingerprint density at radius 3 is 2.39 bits per heavy atom. The molecule has 114 valence electrons. The molecule has 3 nitrogen and oxygen atoms in total. The number of aromatic nitrogens is 1. The zero-order chi connectivity index (χ0) is 16.1. The zero-order valence-corrected chi connectivity index (χ0v) is 12.9. The summed E-state index contributed by atoms with van der Waals surface area (Å²) in [6, 6.07) is 21.4. The number of rotatable bonds is 4. The van der Waals surface area contributed by atoms with E-state index < -0.39 is 0 Å². The SMILES string of the molecule is Cc1ccccc1[C@H](NC(=O)c1cccnc1)c1ccccc1. The molecule has 0 saturated heterocycles. The van der Waals surface area contributed by atoms with Crippen LogP contribution < -0.4 is 5.32 Å². The molecule has 1 atom stereocenters. The van der Waals surface area contributed by atoms with Gasteiger partial charge >= 0.3 is 0 Å². The van der Waals surface area contributed by atoms with Gasteiger partial charge < -0.3 is 5.32 Å². The topological polar surface area (TPSA) is 42.0 Å². The maximum absolute atomic E-state index is 12.6. The van der Waals surface area contributed by atoms with Gasteiger partial charge in [-0.3, -0.25) is 9.78 Å². The molecule has 0 aliphatic rings. The fraction of sp³-hybridized carbons (Fsp3) is 0.100. The lowest BCUT2D eigenvalue weighted by Crippen LogP contribution is -2.29. The Kier molecular flexibility index (Phi) is 4.48. The maximum Gasteiger partial charge on any atom is 0.253 e. The highest BCUT2D eigenvalue weighted by Crippen LogP contribution is 2.25. The standard InChI is InChI=1S/C20H18N2O/c1-15-8-5-6-12-18(15)19(16-9-3-2-4-10-16)22-20(23)17-11-7-13-21-14-17/h2-14,19H,1H3,(H,22,23)/t19-/m1/s1. The van der Waals surface area contributed by atoms with Gasteiger partial charge in [0.05, 0.1) is 11.6 Å². The van der Waals surface area contributed by atoms with Gasteiger partial charge in [0, 0.05) is 12.4 Å². The number of pyridine rings is 1. The van der Waals surface area contributed by atoms with Crippen molar-refractivity contribution in [2.45, 2.75) is 13.0 Å². The van der Waals surface area contributed by atoms with Crippen LogP contribution >= 0.6 is 0 Å². The van der Waals surface area contributed by atoms with Crippen LogP contribution in [-0.4, -0.2) is 10.9 Å². The van der Waals surface area contributed by atoms with E-state index >= 15 is 0 Å². The van der Waals surface area contributed by atoms with Crippen LogP contribution in [0, 0.1) is 6.92 Å². The Hall–Kier alpha value is -2.94. The van der Waals surface area contributed by atoms with Gasteiger partial charge in [-0.1, -0.05) is 54.6 Å². The first-order valence-corrected chi connectivity index (χ1v) is 7.57. The van der Waals surface area contributed by atoms with Crippen LogP contribution in [0.3, 0.4) is 0 Å². The molecule has 1 aromatic heterocycles. The van der Waals surface area contributed by atoms with Crippen molar-refractivity contribution in [2.75, 3.05) is 0 Å². The molecular weight excluding hydrogens is 284 g/mol. The zero-order valence-electron chi connectivity index (χ0n) is 12.9. The largest absolute Gasteiger partial charge is 0.341 e. The molecule has 0 radical (unpaired) electrons. The second-order valence-corrected chi connectivity index (χ2v) is 5.42. The number of carbonyl (C=O) groups is 1. The van der Waals surface area contributed by atoms with E-state index in [1.54, 1.807) is 24.5 Å². The number of nitrogens with one attached hydrogen (secondary N) is 1. The minimum Gasteiger partial charge on any atom is -0.341 e. The minimum absolute atomic E-state index is 0.129. The van der Waals surface area contributed by atoms with Gasteiger partial charge in [0.2, 0.25) is 0 Å². The molecule has 3 heteroatoms. The van der Waals surface area contributed by atoms with Crippen LogP contribution in [0.2, 0.25) is 0 Å². The van der Waals surface area contributed by atoms with Crippen LogP contribution in [-0.2, 0) is 0 Å². The summed E-state index contributed by atoms with van der Waals surface area (Å²) in [7, 11) is 0. The molecule has 1 amide bonds. The molecule has 1 N–H and O–H groups in total. The van der Waals surface area contributed by atoms with E-state index in [9.17, 15) is 4.79 Å². The van der Waals surface area contributed by atoms with Crippen LogP contribution in [0.5, 0.6) is 0 Å². The van der Waals surface area contributed by atoms with Gasteiger partial charge in [-0.15, -0.1) is 0 Å². The van der Waals surface area contributed by atoms with Crippen LogP contribution in [0.25, 0.3) is 0 Å². The van der Waals surface area contributed by atoms with Crippen molar-refractivity contribution in [3.8, 4) is 0 Å². The third-order valence-corrected chi connectivity index (χ3v) is 3.83. The molecule has 0 bridgehead atoms. The van der Waals surface area contributed by atoms with E-state index in [-0.39, 0.29) is 11.9 Å². The molecule has 1 heterocycles. The predicted molar refractivity (Wildman–Crippen MR) is 91.2 cm³/mol. The summed E-state index contributed by atoms with van der Waals surface area (Å²) in [5.41, 5.74) is 3.85. The summed E-state index contributed by atoms with van der Waals surface area (Å²) >= 11 is 0. The summed E-state index contributed by atoms with van der Waals surface area (Å²) < 4.78 is 0. The average Bonchev–Trinajstić information content (AvgIpc) is 2.62. The Morgan fingerprint density at radius 2 is 1.70 bits per heavy atom. The second-order valence-electron chi connectivity index (χ2n) is 5.42. The Balaban J connectivity index is 1.97. The van der Waals surface area contributed by atoms with Gasteiger partial charge in [0.15, 0.2) is 0 Å². The summed E-state index contributed by atoms with van der Waals surface area (Å²) in [6.07, 6.45) is 3.24. The summed E-state index contributed by atoms with van der Waals surface area (Å²) in [4.78, 5) is 16.6. The van der Waals surface area contributed by atoms with Crippen molar-refractivity contribution >= 4 is 5.91 Å².